The van der Waals surface area contributed by atoms with Crippen molar-refractivity contribution >= 4 is 5.82 Å². The van der Waals surface area contributed by atoms with Crippen molar-refractivity contribution in [1.29, 1.82) is 0 Å². The van der Waals surface area contributed by atoms with Crippen molar-refractivity contribution in [2.24, 2.45) is 0 Å². The molecule has 2 rings (SSSR count). The van der Waals surface area contributed by atoms with E-state index < -0.39 is 0 Å². The molecule has 0 aromatic carbocycles. The molecule has 82 valence electrons. The highest BCUT2D eigenvalue weighted by Gasteiger charge is 2.17. The Bertz CT molecular complexity index is 401. The van der Waals surface area contributed by atoms with Crippen molar-refractivity contribution in [2.75, 3.05) is 24.5 Å². The molecule has 1 aliphatic rings. The standard InChI is InChI=1S/C10H16N4O/c1-7-6-14(4-3-11-7)9-5-10(15)13-8(2)12-9/h5,7,11H,3-4,6H2,1-2H3,(H,12,13,15)/t7-/m0/s1. The van der Waals surface area contributed by atoms with Crippen LogP contribution < -0.4 is 15.8 Å². The number of hydrogen-bond acceptors (Lipinski definition) is 4. The SMILES string of the molecule is Cc1nc(N2CCN[C@@H](C)C2)cc(=O)[nH]1. The Morgan fingerprint density at radius 2 is 2.40 bits per heavy atom. The van der Waals surface area contributed by atoms with Crippen LogP contribution in [0, 0.1) is 6.92 Å². The van der Waals surface area contributed by atoms with Gasteiger partial charge in [0.05, 0.1) is 0 Å². The van der Waals surface area contributed by atoms with E-state index in [9.17, 15) is 4.79 Å². The van der Waals surface area contributed by atoms with Crippen molar-refractivity contribution in [3.05, 3.63) is 22.2 Å². The number of hydrogen-bond donors (Lipinski definition) is 2. The quantitative estimate of drug-likeness (QED) is 0.675. The van der Waals surface area contributed by atoms with Gasteiger partial charge in [0.15, 0.2) is 0 Å². The first-order chi connectivity index (χ1) is 7.15. The number of piperazine rings is 1. The first-order valence-corrected chi connectivity index (χ1v) is 5.21. The van der Waals surface area contributed by atoms with E-state index >= 15 is 0 Å². The zero-order valence-corrected chi connectivity index (χ0v) is 9.08. The maximum atomic E-state index is 11.3. The van der Waals surface area contributed by atoms with Crippen LogP contribution in [0.1, 0.15) is 12.7 Å². The molecule has 1 atom stereocenters. The van der Waals surface area contributed by atoms with Gasteiger partial charge in [0, 0.05) is 31.7 Å². The largest absolute Gasteiger partial charge is 0.354 e. The molecule has 2 heterocycles. The molecule has 1 aromatic heterocycles. The van der Waals surface area contributed by atoms with Crippen LogP contribution in [0.3, 0.4) is 0 Å². The molecule has 0 bridgehead atoms. The van der Waals surface area contributed by atoms with Gasteiger partial charge in [-0.05, 0) is 13.8 Å². The number of nitrogens with one attached hydrogen (secondary N) is 2. The highest BCUT2D eigenvalue weighted by atomic mass is 16.1. The van der Waals surface area contributed by atoms with Crippen molar-refractivity contribution in [3.63, 3.8) is 0 Å². The van der Waals surface area contributed by atoms with Gasteiger partial charge < -0.3 is 15.2 Å². The molecule has 1 aromatic rings. The van der Waals surface area contributed by atoms with Crippen LogP contribution in [0.25, 0.3) is 0 Å². The van der Waals surface area contributed by atoms with Gasteiger partial charge in [0.25, 0.3) is 5.56 Å². The fourth-order valence-electron chi connectivity index (χ4n) is 1.87. The van der Waals surface area contributed by atoms with Crippen LogP contribution in [0.15, 0.2) is 10.9 Å². The van der Waals surface area contributed by atoms with Crippen LogP contribution in [-0.2, 0) is 0 Å². The second-order valence-electron chi connectivity index (χ2n) is 3.99. The molecule has 0 aliphatic carbocycles. The molecule has 0 amide bonds. The summed E-state index contributed by atoms with van der Waals surface area (Å²) in [5.74, 6) is 1.45. The van der Waals surface area contributed by atoms with E-state index in [0.29, 0.717) is 11.9 Å². The molecular formula is C10H16N4O. The molecule has 0 unspecified atom stereocenters. The van der Waals surface area contributed by atoms with Crippen molar-refractivity contribution < 1.29 is 0 Å². The first-order valence-electron chi connectivity index (χ1n) is 5.21. The molecule has 2 N–H and O–H groups in total. The zero-order chi connectivity index (χ0) is 10.8. The Labute approximate surface area is 88.5 Å². The van der Waals surface area contributed by atoms with E-state index in [1.54, 1.807) is 13.0 Å². The van der Waals surface area contributed by atoms with Crippen LogP contribution in [0.5, 0.6) is 0 Å². The lowest BCUT2D eigenvalue weighted by Crippen LogP contribution is -2.49. The highest BCUT2D eigenvalue weighted by Crippen LogP contribution is 2.10. The summed E-state index contributed by atoms with van der Waals surface area (Å²) in [5.41, 5.74) is -0.0799. The van der Waals surface area contributed by atoms with E-state index in [2.05, 4.69) is 27.1 Å². The van der Waals surface area contributed by atoms with Crippen LogP contribution in [-0.4, -0.2) is 35.6 Å². The average molecular weight is 208 g/mol. The van der Waals surface area contributed by atoms with Gasteiger partial charge in [-0.2, -0.15) is 0 Å². The molecule has 0 saturated carbocycles. The van der Waals surface area contributed by atoms with Crippen molar-refractivity contribution in [1.82, 2.24) is 15.3 Å². The maximum Gasteiger partial charge on any atom is 0.252 e. The lowest BCUT2D eigenvalue weighted by Gasteiger charge is -2.32. The Morgan fingerprint density at radius 1 is 1.60 bits per heavy atom. The number of anilines is 1. The fourth-order valence-corrected chi connectivity index (χ4v) is 1.87. The number of H-pyrrole nitrogens is 1. The third kappa shape index (κ3) is 2.36. The minimum absolute atomic E-state index is 0.0799. The zero-order valence-electron chi connectivity index (χ0n) is 9.08. The summed E-state index contributed by atoms with van der Waals surface area (Å²) in [4.78, 5) is 20.4. The van der Waals surface area contributed by atoms with Gasteiger partial charge >= 0.3 is 0 Å². The molecule has 1 aliphatic heterocycles. The molecule has 15 heavy (non-hydrogen) atoms. The molecule has 5 nitrogen and oxygen atoms in total. The second-order valence-corrected chi connectivity index (χ2v) is 3.99. The van der Waals surface area contributed by atoms with Gasteiger partial charge in [0.2, 0.25) is 0 Å². The van der Waals surface area contributed by atoms with Gasteiger partial charge in [-0.25, -0.2) is 4.98 Å². The van der Waals surface area contributed by atoms with Crippen LogP contribution in [0.2, 0.25) is 0 Å². The molecular weight excluding hydrogens is 192 g/mol. The Kier molecular flexibility index (Phi) is 2.73. The normalized spacial score (nSPS) is 21.7. The van der Waals surface area contributed by atoms with E-state index in [1.807, 2.05) is 0 Å². The number of rotatable bonds is 1. The van der Waals surface area contributed by atoms with Crippen LogP contribution >= 0.6 is 0 Å². The summed E-state index contributed by atoms with van der Waals surface area (Å²) in [6.45, 7) is 6.67. The lowest BCUT2D eigenvalue weighted by molar-refractivity contribution is 0.482. The molecule has 0 radical (unpaired) electrons. The summed E-state index contributed by atoms with van der Waals surface area (Å²) in [7, 11) is 0. The predicted octanol–water partition coefficient (Wildman–Crippen LogP) is -0.124. The van der Waals surface area contributed by atoms with E-state index in [1.165, 1.54) is 0 Å². The third-order valence-electron chi connectivity index (χ3n) is 2.54. The van der Waals surface area contributed by atoms with Crippen molar-refractivity contribution in [3.8, 4) is 0 Å². The summed E-state index contributed by atoms with van der Waals surface area (Å²) >= 11 is 0. The van der Waals surface area contributed by atoms with Gasteiger partial charge in [0.1, 0.15) is 11.6 Å². The summed E-state index contributed by atoms with van der Waals surface area (Å²) in [6, 6.07) is 2.01. The Hall–Kier alpha value is -1.36. The van der Waals surface area contributed by atoms with Gasteiger partial charge in [-0.1, -0.05) is 0 Å². The predicted molar refractivity (Wildman–Crippen MR) is 59.3 cm³/mol. The summed E-state index contributed by atoms with van der Waals surface area (Å²) < 4.78 is 0. The molecule has 5 heteroatoms. The lowest BCUT2D eigenvalue weighted by atomic mass is 10.2. The van der Waals surface area contributed by atoms with Crippen LogP contribution in [0.4, 0.5) is 5.82 Å². The topological polar surface area (TPSA) is 61.0 Å². The second kappa shape index (κ2) is 4.02. The smallest absolute Gasteiger partial charge is 0.252 e. The minimum atomic E-state index is -0.0799. The Morgan fingerprint density at radius 3 is 3.07 bits per heavy atom. The van der Waals surface area contributed by atoms with E-state index in [0.717, 1.165) is 25.5 Å². The summed E-state index contributed by atoms with van der Waals surface area (Å²) in [5, 5.41) is 3.36. The van der Waals surface area contributed by atoms with Gasteiger partial charge in [-0.3, -0.25) is 4.79 Å². The number of aryl methyl sites for hydroxylation is 1. The number of nitrogens with zero attached hydrogens (tertiary/aromatic N) is 2. The minimum Gasteiger partial charge on any atom is -0.354 e. The first kappa shape index (κ1) is 10.2. The molecule has 1 fully saturated rings. The molecule has 1 saturated heterocycles. The fraction of sp³-hybridized carbons (Fsp3) is 0.600. The monoisotopic (exact) mass is 208 g/mol. The average Bonchev–Trinajstić information content (AvgIpc) is 2.16. The Balaban J connectivity index is 2.24. The molecule has 0 spiro atoms. The van der Waals surface area contributed by atoms with E-state index in [-0.39, 0.29) is 5.56 Å². The third-order valence-corrected chi connectivity index (χ3v) is 2.54. The number of aromatic nitrogens is 2. The highest BCUT2D eigenvalue weighted by molar-refractivity contribution is 5.38. The van der Waals surface area contributed by atoms with Crippen molar-refractivity contribution in [2.45, 2.75) is 19.9 Å². The summed E-state index contributed by atoms with van der Waals surface area (Å²) in [6.07, 6.45) is 0. The van der Waals surface area contributed by atoms with Gasteiger partial charge in [-0.15, -0.1) is 0 Å². The maximum absolute atomic E-state index is 11.3. The number of aromatic amines is 1. The van der Waals surface area contributed by atoms with E-state index in [4.69, 9.17) is 0 Å².